The Hall–Kier alpha value is -2.20. The van der Waals surface area contributed by atoms with Crippen LogP contribution in [0.25, 0.3) is 10.9 Å². The molecule has 0 aliphatic heterocycles. The van der Waals surface area contributed by atoms with Gasteiger partial charge in [-0.3, -0.25) is 9.97 Å². The summed E-state index contributed by atoms with van der Waals surface area (Å²) in [7, 11) is 0. The molecule has 2 aromatic heterocycles. The van der Waals surface area contributed by atoms with Gasteiger partial charge in [-0.1, -0.05) is 18.2 Å². The van der Waals surface area contributed by atoms with Crippen LogP contribution in [0.1, 0.15) is 5.69 Å². The number of hydrogen-bond acceptors (Lipinski definition) is 4. The summed E-state index contributed by atoms with van der Waals surface area (Å²) >= 11 is 5.71. The van der Waals surface area contributed by atoms with E-state index in [9.17, 15) is 0 Å². The van der Waals surface area contributed by atoms with Crippen molar-refractivity contribution >= 4 is 22.5 Å². The predicted octanol–water partition coefficient (Wildman–Crippen LogP) is 3.56. The molecular formula is C14H10ClN3O. The van der Waals surface area contributed by atoms with E-state index in [2.05, 4.69) is 15.0 Å². The standard InChI is InChI=1S/C14H10ClN3O/c15-6-11-7-16-9-14(18-11)19-12-5-10-3-1-2-4-13(10)17-8-12/h1-5,7-9H,6H2. The highest BCUT2D eigenvalue weighted by Gasteiger charge is 2.03. The molecule has 4 nitrogen and oxygen atoms in total. The average molecular weight is 272 g/mol. The molecule has 0 amide bonds. The van der Waals surface area contributed by atoms with Gasteiger partial charge in [0.05, 0.1) is 29.5 Å². The molecule has 1 aromatic carbocycles. The Bertz CT molecular complexity index is 718. The van der Waals surface area contributed by atoms with Gasteiger partial charge < -0.3 is 4.74 Å². The first-order valence-electron chi connectivity index (χ1n) is 5.75. The highest BCUT2D eigenvalue weighted by atomic mass is 35.5. The number of para-hydroxylation sites is 1. The summed E-state index contributed by atoms with van der Waals surface area (Å²) in [4.78, 5) is 12.6. The first-order chi connectivity index (χ1) is 9.35. The van der Waals surface area contributed by atoms with Gasteiger partial charge in [0.2, 0.25) is 5.88 Å². The SMILES string of the molecule is ClCc1cncc(Oc2cnc3ccccc3c2)n1. The molecule has 0 saturated carbocycles. The summed E-state index contributed by atoms with van der Waals surface area (Å²) in [5.74, 6) is 1.34. The van der Waals surface area contributed by atoms with Crippen LogP contribution in [0.2, 0.25) is 0 Å². The number of rotatable bonds is 3. The van der Waals surface area contributed by atoms with Gasteiger partial charge in [0, 0.05) is 11.6 Å². The van der Waals surface area contributed by atoms with Gasteiger partial charge in [-0.15, -0.1) is 11.6 Å². The van der Waals surface area contributed by atoms with Gasteiger partial charge in [0.1, 0.15) is 5.75 Å². The molecule has 0 N–H and O–H groups in total. The van der Waals surface area contributed by atoms with E-state index in [0.29, 0.717) is 23.2 Å². The number of alkyl halides is 1. The van der Waals surface area contributed by atoms with E-state index in [1.165, 1.54) is 0 Å². The normalized spacial score (nSPS) is 10.6. The van der Waals surface area contributed by atoms with Crippen LogP contribution in [-0.4, -0.2) is 15.0 Å². The van der Waals surface area contributed by atoms with Crippen LogP contribution >= 0.6 is 11.6 Å². The molecule has 0 atom stereocenters. The fraction of sp³-hybridized carbons (Fsp3) is 0.0714. The topological polar surface area (TPSA) is 47.9 Å². The fourth-order valence-corrected chi connectivity index (χ4v) is 1.86. The molecular weight excluding hydrogens is 262 g/mol. The molecule has 5 heteroatoms. The Morgan fingerprint density at radius 2 is 2.00 bits per heavy atom. The van der Waals surface area contributed by atoms with Crippen LogP contribution in [-0.2, 0) is 5.88 Å². The zero-order valence-electron chi connectivity index (χ0n) is 9.95. The number of fused-ring (bicyclic) bond motifs is 1. The van der Waals surface area contributed by atoms with E-state index < -0.39 is 0 Å². The summed E-state index contributed by atoms with van der Waals surface area (Å²) in [5.41, 5.74) is 1.60. The molecule has 0 bridgehead atoms. The third kappa shape index (κ3) is 2.63. The minimum Gasteiger partial charge on any atom is -0.436 e. The maximum Gasteiger partial charge on any atom is 0.238 e. The van der Waals surface area contributed by atoms with Crippen molar-refractivity contribution in [2.75, 3.05) is 0 Å². The van der Waals surface area contributed by atoms with Gasteiger partial charge in [-0.05, 0) is 12.1 Å². The van der Waals surface area contributed by atoms with Crippen LogP contribution in [0.5, 0.6) is 11.6 Å². The smallest absolute Gasteiger partial charge is 0.238 e. The van der Waals surface area contributed by atoms with Crippen molar-refractivity contribution in [1.82, 2.24) is 15.0 Å². The van der Waals surface area contributed by atoms with Crippen LogP contribution < -0.4 is 4.74 Å². The maximum absolute atomic E-state index is 5.71. The first kappa shape index (κ1) is 11.9. The Balaban J connectivity index is 1.92. The number of hydrogen-bond donors (Lipinski definition) is 0. The summed E-state index contributed by atoms with van der Waals surface area (Å²) in [6, 6.07) is 9.76. The Labute approximate surface area is 115 Å². The lowest BCUT2D eigenvalue weighted by molar-refractivity contribution is 0.457. The van der Waals surface area contributed by atoms with Crippen LogP contribution in [0.4, 0.5) is 0 Å². The highest BCUT2D eigenvalue weighted by Crippen LogP contribution is 2.22. The number of aromatic nitrogens is 3. The number of nitrogens with zero attached hydrogens (tertiary/aromatic N) is 3. The maximum atomic E-state index is 5.71. The van der Waals surface area contributed by atoms with Crippen molar-refractivity contribution in [3.8, 4) is 11.6 Å². The third-order valence-electron chi connectivity index (χ3n) is 2.59. The van der Waals surface area contributed by atoms with Gasteiger partial charge >= 0.3 is 0 Å². The molecule has 0 spiro atoms. The molecule has 0 aliphatic carbocycles. The monoisotopic (exact) mass is 271 g/mol. The van der Waals surface area contributed by atoms with Crippen molar-refractivity contribution in [2.24, 2.45) is 0 Å². The minimum atomic E-state index is 0.306. The largest absolute Gasteiger partial charge is 0.436 e. The summed E-state index contributed by atoms with van der Waals surface area (Å²) in [5, 5.41) is 1.02. The molecule has 3 rings (SSSR count). The lowest BCUT2D eigenvalue weighted by Crippen LogP contribution is -1.93. The van der Waals surface area contributed by atoms with E-state index in [0.717, 1.165) is 10.9 Å². The average Bonchev–Trinajstić information content (AvgIpc) is 2.47. The molecule has 2 heterocycles. The number of halogens is 1. The number of pyridine rings is 1. The van der Waals surface area contributed by atoms with Crippen LogP contribution in [0.15, 0.2) is 48.9 Å². The summed E-state index contributed by atoms with van der Waals surface area (Å²) in [6.45, 7) is 0. The lowest BCUT2D eigenvalue weighted by Gasteiger charge is -2.05. The summed E-state index contributed by atoms with van der Waals surface area (Å²) in [6.07, 6.45) is 4.82. The first-order valence-corrected chi connectivity index (χ1v) is 6.28. The van der Waals surface area contributed by atoms with Crippen molar-refractivity contribution in [2.45, 2.75) is 5.88 Å². The fourth-order valence-electron chi connectivity index (χ4n) is 1.73. The van der Waals surface area contributed by atoms with E-state index in [-0.39, 0.29) is 0 Å². The number of ether oxygens (including phenoxy) is 1. The minimum absolute atomic E-state index is 0.306. The second-order valence-electron chi connectivity index (χ2n) is 3.95. The molecule has 0 aliphatic rings. The molecule has 94 valence electrons. The third-order valence-corrected chi connectivity index (χ3v) is 2.86. The number of benzene rings is 1. The van der Waals surface area contributed by atoms with Crippen molar-refractivity contribution in [3.05, 3.63) is 54.6 Å². The molecule has 0 radical (unpaired) electrons. The van der Waals surface area contributed by atoms with E-state index in [1.807, 2.05) is 30.3 Å². The van der Waals surface area contributed by atoms with Crippen molar-refractivity contribution < 1.29 is 4.74 Å². The Morgan fingerprint density at radius 3 is 2.89 bits per heavy atom. The second kappa shape index (κ2) is 5.20. The molecule has 0 fully saturated rings. The van der Waals surface area contributed by atoms with E-state index >= 15 is 0 Å². The van der Waals surface area contributed by atoms with E-state index in [1.54, 1.807) is 18.6 Å². The van der Waals surface area contributed by atoms with Gasteiger partial charge in [-0.2, -0.15) is 0 Å². The zero-order valence-corrected chi connectivity index (χ0v) is 10.7. The predicted molar refractivity (Wildman–Crippen MR) is 73.4 cm³/mol. The highest BCUT2D eigenvalue weighted by molar-refractivity contribution is 6.16. The zero-order chi connectivity index (χ0) is 13.1. The molecule has 0 saturated heterocycles. The molecule has 3 aromatic rings. The quantitative estimate of drug-likeness (QED) is 0.684. The van der Waals surface area contributed by atoms with E-state index in [4.69, 9.17) is 16.3 Å². The second-order valence-corrected chi connectivity index (χ2v) is 4.22. The lowest BCUT2D eigenvalue weighted by atomic mass is 10.2. The summed E-state index contributed by atoms with van der Waals surface area (Å²) < 4.78 is 5.63. The van der Waals surface area contributed by atoms with Gasteiger partial charge in [0.25, 0.3) is 0 Å². The Kier molecular flexibility index (Phi) is 3.25. The van der Waals surface area contributed by atoms with Gasteiger partial charge in [0.15, 0.2) is 0 Å². The Morgan fingerprint density at radius 1 is 1.11 bits per heavy atom. The van der Waals surface area contributed by atoms with Gasteiger partial charge in [-0.25, -0.2) is 4.98 Å². The molecule has 19 heavy (non-hydrogen) atoms. The molecule has 0 unspecified atom stereocenters. The van der Waals surface area contributed by atoms with Crippen LogP contribution in [0, 0.1) is 0 Å². The van der Waals surface area contributed by atoms with Crippen LogP contribution in [0.3, 0.4) is 0 Å². The van der Waals surface area contributed by atoms with Crippen molar-refractivity contribution in [3.63, 3.8) is 0 Å². The van der Waals surface area contributed by atoms with Crippen molar-refractivity contribution in [1.29, 1.82) is 0 Å².